The predicted octanol–water partition coefficient (Wildman–Crippen LogP) is 1.90. The van der Waals surface area contributed by atoms with Crippen molar-refractivity contribution in [1.29, 1.82) is 0 Å². The van der Waals surface area contributed by atoms with Crippen LogP contribution in [0.25, 0.3) is 0 Å². The minimum atomic E-state index is -0.356. The van der Waals surface area contributed by atoms with Crippen LogP contribution in [0.1, 0.15) is 12.5 Å². The van der Waals surface area contributed by atoms with Crippen LogP contribution in [-0.2, 0) is 16.1 Å². The summed E-state index contributed by atoms with van der Waals surface area (Å²) in [7, 11) is 1.64. The van der Waals surface area contributed by atoms with Crippen LogP contribution in [-0.4, -0.2) is 26.2 Å². The smallest absolute Gasteiger partial charge is 0.334 e. The van der Waals surface area contributed by atoms with Gasteiger partial charge in [-0.15, -0.1) is 0 Å². The van der Waals surface area contributed by atoms with Crippen LogP contribution in [0.3, 0.4) is 0 Å². The Bertz CT molecular complexity index is 415. The van der Waals surface area contributed by atoms with Crippen molar-refractivity contribution < 1.29 is 14.3 Å². The molecule has 0 saturated heterocycles. The second-order valence-corrected chi connectivity index (χ2v) is 3.74. The Labute approximate surface area is 108 Å². The van der Waals surface area contributed by atoms with E-state index in [0.717, 1.165) is 11.3 Å². The van der Waals surface area contributed by atoms with Crippen molar-refractivity contribution in [2.45, 2.75) is 13.5 Å². The third-order valence-electron chi connectivity index (χ3n) is 2.41. The number of hydrogen-bond acceptors (Lipinski definition) is 4. The van der Waals surface area contributed by atoms with Gasteiger partial charge in [0.05, 0.1) is 13.7 Å². The van der Waals surface area contributed by atoms with E-state index in [9.17, 15) is 4.79 Å². The number of methoxy groups -OCH3 is 1. The fourth-order valence-corrected chi connectivity index (χ4v) is 1.50. The molecule has 0 saturated carbocycles. The van der Waals surface area contributed by atoms with Gasteiger partial charge in [-0.05, 0) is 13.0 Å². The van der Waals surface area contributed by atoms with Gasteiger partial charge < -0.3 is 14.8 Å². The molecule has 0 aliphatic carbocycles. The summed E-state index contributed by atoms with van der Waals surface area (Å²) < 4.78 is 10.1. The van der Waals surface area contributed by atoms with Gasteiger partial charge in [0.1, 0.15) is 5.75 Å². The molecule has 0 aromatic heterocycles. The van der Waals surface area contributed by atoms with Crippen LogP contribution in [0.15, 0.2) is 36.4 Å². The Balaban J connectivity index is 2.42. The molecule has 4 nitrogen and oxygen atoms in total. The van der Waals surface area contributed by atoms with Crippen molar-refractivity contribution in [3.63, 3.8) is 0 Å². The normalized spacial score (nSPS) is 9.89. The number of esters is 1. The van der Waals surface area contributed by atoms with Crippen molar-refractivity contribution in [2.75, 3.05) is 20.3 Å². The molecule has 0 unspecified atom stereocenters. The fraction of sp³-hybridized carbons (Fsp3) is 0.357. The second kappa shape index (κ2) is 7.50. The summed E-state index contributed by atoms with van der Waals surface area (Å²) >= 11 is 0. The highest BCUT2D eigenvalue weighted by atomic mass is 16.5. The molecule has 1 aromatic carbocycles. The van der Waals surface area contributed by atoms with Gasteiger partial charge in [-0.25, -0.2) is 4.79 Å². The lowest BCUT2D eigenvalue weighted by Gasteiger charge is -2.10. The highest BCUT2D eigenvalue weighted by Crippen LogP contribution is 2.16. The number of benzene rings is 1. The number of para-hydroxylation sites is 1. The van der Waals surface area contributed by atoms with Crippen LogP contribution < -0.4 is 10.1 Å². The summed E-state index contributed by atoms with van der Waals surface area (Å²) in [4.78, 5) is 11.3. The first-order chi connectivity index (χ1) is 8.69. The van der Waals surface area contributed by atoms with E-state index in [0.29, 0.717) is 25.3 Å². The van der Waals surface area contributed by atoms with Crippen LogP contribution in [0.5, 0.6) is 5.75 Å². The quantitative estimate of drug-likeness (QED) is 0.592. The molecule has 18 heavy (non-hydrogen) atoms. The van der Waals surface area contributed by atoms with Crippen molar-refractivity contribution in [3.05, 3.63) is 42.0 Å². The summed E-state index contributed by atoms with van der Waals surface area (Å²) in [6.45, 7) is 6.83. The molecular weight excluding hydrogens is 230 g/mol. The van der Waals surface area contributed by atoms with Gasteiger partial charge in [0.15, 0.2) is 0 Å². The first kappa shape index (κ1) is 14.3. The fourth-order valence-electron chi connectivity index (χ4n) is 1.50. The number of nitrogens with one attached hydrogen (secondary N) is 1. The number of carbonyl (C=O) groups is 1. The van der Waals surface area contributed by atoms with Crippen molar-refractivity contribution >= 4 is 5.97 Å². The number of carbonyl (C=O) groups excluding carboxylic acids is 1. The van der Waals surface area contributed by atoms with E-state index in [-0.39, 0.29) is 5.97 Å². The zero-order valence-corrected chi connectivity index (χ0v) is 10.9. The lowest BCUT2D eigenvalue weighted by molar-refractivity contribution is -0.138. The van der Waals surface area contributed by atoms with Gasteiger partial charge in [-0.2, -0.15) is 0 Å². The third kappa shape index (κ3) is 4.22. The third-order valence-corrected chi connectivity index (χ3v) is 2.41. The Morgan fingerprint density at radius 1 is 1.39 bits per heavy atom. The molecule has 0 fully saturated rings. The maximum Gasteiger partial charge on any atom is 0.334 e. The maximum atomic E-state index is 11.3. The van der Waals surface area contributed by atoms with Crippen molar-refractivity contribution in [1.82, 2.24) is 5.32 Å². The summed E-state index contributed by atoms with van der Waals surface area (Å²) in [5.41, 5.74) is 1.46. The minimum Gasteiger partial charge on any atom is -0.496 e. The molecule has 98 valence electrons. The molecule has 1 N–H and O–H groups in total. The molecule has 0 aliphatic rings. The molecule has 0 amide bonds. The lowest BCUT2D eigenvalue weighted by atomic mass is 10.2. The number of hydrogen-bond donors (Lipinski definition) is 1. The van der Waals surface area contributed by atoms with Gasteiger partial charge >= 0.3 is 5.97 Å². The zero-order valence-electron chi connectivity index (χ0n) is 10.9. The van der Waals surface area contributed by atoms with Crippen LogP contribution >= 0.6 is 0 Å². The molecule has 1 aromatic rings. The van der Waals surface area contributed by atoms with Gasteiger partial charge in [0.25, 0.3) is 0 Å². The summed E-state index contributed by atoms with van der Waals surface area (Å²) in [5.74, 6) is 0.469. The first-order valence-electron chi connectivity index (χ1n) is 5.86. The zero-order chi connectivity index (χ0) is 13.4. The van der Waals surface area contributed by atoms with Gasteiger partial charge in [0.2, 0.25) is 0 Å². The molecule has 0 aliphatic heterocycles. The average molecular weight is 249 g/mol. The highest BCUT2D eigenvalue weighted by molar-refractivity contribution is 5.88. The summed E-state index contributed by atoms with van der Waals surface area (Å²) in [6.07, 6.45) is 0. The highest BCUT2D eigenvalue weighted by Gasteiger charge is 2.07. The Hall–Kier alpha value is -1.81. The van der Waals surface area contributed by atoms with Crippen molar-refractivity contribution in [3.8, 4) is 5.75 Å². The van der Waals surface area contributed by atoms with Crippen LogP contribution in [0, 0.1) is 0 Å². The standard InChI is InChI=1S/C14H19NO3/c1-4-18-14(16)11(2)9-15-10-12-7-5-6-8-13(12)17-3/h5-8,15H,2,4,9-10H2,1,3H3. The largest absolute Gasteiger partial charge is 0.496 e. The minimum absolute atomic E-state index is 0.356. The van der Waals surface area contributed by atoms with Gasteiger partial charge in [0, 0.05) is 24.2 Å². The van der Waals surface area contributed by atoms with E-state index in [1.807, 2.05) is 24.3 Å². The molecule has 0 radical (unpaired) electrons. The van der Waals surface area contributed by atoms with Crippen molar-refractivity contribution in [2.24, 2.45) is 0 Å². The van der Waals surface area contributed by atoms with E-state index in [4.69, 9.17) is 9.47 Å². The molecule has 0 heterocycles. The van der Waals surface area contributed by atoms with E-state index >= 15 is 0 Å². The summed E-state index contributed by atoms with van der Waals surface area (Å²) in [5, 5.41) is 3.14. The van der Waals surface area contributed by atoms with Crippen LogP contribution in [0.4, 0.5) is 0 Å². The second-order valence-electron chi connectivity index (χ2n) is 3.74. The molecule has 0 spiro atoms. The Morgan fingerprint density at radius 2 is 2.11 bits per heavy atom. The van der Waals surface area contributed by atoms with Gasteiger partial charge in [-0.1, -0.05) is 24.8 Å². The lowest BCUT2D eigenvalue weighted by Crippen LogP contribution is -2.21. The number of ether oxygens (including phenoxy) is 2. The summed E-state index contributed by atoms with van der Waals surface area (Å²) in [6, 6.07) is 7.73. The monoisotopic (exact) mass is 249 g/mol. The molecular formula is C14H19NO3. The Kier molecular flexibility index (Phi) is 5.94. The molecule has 0 bridgehead atoms. The van der Waals surface area contributed by atoms with Crippen LogP contribution in [0.2, 0.25) is 0 Å². The SMILES string of the molecule is C=C(CNCc1ccccc1OC)C(=O)OCC. The Morgan fingerprint density at radius 3 is 2.78 bits per heavy atom. The number of rotatable bonds is 7. The average Bonchev–Trinajstić information content (AvgIpc) is 2.39. The topological polar surface area (TPSA) is 47.6 Å². The van der Waals surface area contributed by atoms with E-state index < -0.39 is 0 Å². The van der Waals surface area contributed by atoms with E-state index in [2.05, 4.69) is 11.9 Å². The molecule has 1 rings (SSSR count). The predicted molar refractivity (Wildman–Crippen MR) is 70.5 cm³/mol. The molecule has 0 atom stereocenters. The maximum absolute atomic E-state index is 11.3. The molecule has 4 heteroatoms. The van der Waals surface area contributed by atoms with E-state index in [1.54, 1.807) is 14.0 Å². The van der Waals surface area contributed by atoms with E-state index in [1.165, 1.54) is 0 Å². The first-order valence-corrected chi connectivity index (χ1v) is 5.86. The van der Waals surface area contributed by atoms with Gasteiger partial charge in [-0.3, -0.25) is 0 Å².